The molecule has 1 unspecified atom stereocenters. The molecule has 3 heteroatoms. The fraction of sp³-hybridized carbons (Fsp3) is 0.714. The Kier molecular flexibility index (Phi) is 3.01. The van der Waals surface area contributed by atoms with Gasteiger partial charge in [0, 0.05) is 15.7 Å². The zero-order valence-corrected chi connectivity index (χ0v) is 11.5. The maximum absolute atomic E-state index is 6.27. The van der Waals surface area contributed by atoms with Crippen LogP contribution >= 0.6 is 11.3 Å². The summed E-state index contributed by atoms with van der Waals surface area (Å²) >= 11 is 2.01. The minimum atomic E-state index is 0.0387. The number of nitrogens with one attached hydrogen (secondary N) is 1. The number of aryl methyl sites for hydroxylation is 1. The van der Waals surface area contributed by atoms with Crippen LogP contribution in [0.25, 0.3) is 0 Å². The molecule has 2 aliphatic heterocycles. The van der Waals surface area contributed by atoms with Crippen LogP contribution in [0.15, 0.2) is 6.07 Å². The maximum atomic E-state index is 6.27. The molecule has 1 spiro atoms. The normalized spacial score (nSPS) is 27.1. The summed E-state index contributed by atoms with van der Waals surface area (Å²) in [5.74, 6) is 0.579. The number of hydrogen-bond acceptors (Lipinski definition) is 3. The van der Waals surface area contributed by atoms with E-state index in [0.717, 1.165) is 39.0 Å². The van der Waals surface area contributed by atoms with E-state index in [9.17, 15) is 0 Å². The second-order valence-corrected chi connectivity index (χ2v) is 6.47. The molecule has 0 aliphatic carbocycles. The van der Waals surface area contributed by atoms with Crippen molar-refractivity contribution in [2.75, 3.05) is 19.7 Å². The summed E-state index contributed by atoms with van der Waals surface area (Å²) in [4.78, 5) is 3.11. The highest BCUT2D eigenvalue weighted by Gasteiger charge is 2.42. The fourth-order valence-corrected chi connectivity index (χ4v) is 4.26. The Bertz CT molecular complexity index is 406. The smallest absolute Gasteiger partial charge is 0.0966 e. The first-order valence-electron chi connectivity index (χ1n) is 6.73. The molecule has 0 amide bonds. The summed E-state index contributed by atoms with van der Waals surface area (Å²) in [7, 11) is 0. The molecule has 0 radical (unpaired) electrons. The van der Waals surface area contributed by atoms with Gasteiger partial charge in [0.1, 0.15) is 0 Å². The van der Waals surface area contributed by atoms with E-state index in [0.29, 0.717) is 5.92 Å². The molecule has 3 heterocycles. The number of hydrogen-bond donors (Lipinski definition) is 1. The fourth-order valence-electron chi connectivity index (χ4n) is 3.04. The topological polar surface area (TPSA) is 21.3 Å². The standard InChI is InChI=1S/C14H21NOS/c1-3-11-8-12-13(17-11)10(2)9-16-14(12)4-6-15-7-5-14/h8,10,15H,3-7,9H2,1-2H3. The molecule has 1 aromatic heterocycles. The van der Waals surface area contributed by atoms with Crippen LogP contribution < -0.4 is 5.32 Å². The van der Waals surface area contributed by atoms with Crippen LogP contribution in [0.1, 0.15) is 47.9 Å². The van der Waals surface area contributed by atoms with Gasteiger partial charge in [-0.15, -0.1) is 11.3 Å². The molecule has 2 nitrogen and oxygen atoms in total. The van der Waals surface area contributed by atoms with Gasteiger partial charge in [-0.25, -0.2) is 0 Å². The average molecular weight is 251 g/mol. The van der Waals surface area contributed by atoms with Gasteiger partial charge in [-0.05, 0) is 44.0 Å². The third-order valence-corrected chi connectivity index (χ3v) is 5.63. The number of rotatable bonds is 1. The second kappa shape index (κ2) is 4.38. The van der Waals surface area contributed by atoms with Gasteiger partial charge >= 0.3 is 0 Å². The zero-order valence-electron chi connectivity index (χ0n) is 10.7. The lowest BCUT2D eigenvalue weighted by atomic mass is 9.81. The lowest BCUT2D eigenvalue weighted by molar-refractivity contribution is -0.0863. The van der Waals surface area contributed by atoms with Gasteiger partial charge in [0.15, 0.2) is 0 Å². The monoisotopic (exact) mass is 251 g/mol. The number of ether oxygens (including phenoxy) is 1. The molecule has 2 aliphatic rings. The Morgan fingerprint density at radius 3 is 2.94 bits per heavy atom. The molecule has 1 aromatic rings. The van der Waals surface area contributed by atoms with E-state index in [4.69, 9.17) is 4.74 Å². The van der Waals surface area contributed by atoms with Crippen molar-refractivity contribution in [1.29, 1.82) is 0 Å². The van der Waals surface area contributed by atoms with E-state index in [2.05, 4.69) is 25.2 Å². The second-order valence-electron chi connectivity index (χ2n) is 5.30. The molecular weight excluding hydrogens is 230 g/mol. The summed E-state index contributed by atoms with van der Waals surface area (Å²) in [6, 6.07) is 2.42. The van der Waals surface area contributed by atoms with Crippen molar-refractivity contribution in [3.8, 4) is 0 Å². The third kappa shape index (κ3) is 1.85. The van der Waals surface area contributed by atoms with E-state index >= 15 is 0 Å². The van der Waals surface area contributed by atoms with Crippen LogP contribution in [-0.4, -0.2) is 19.7 Å². The van der Waals surface area contributed by atoms with Crippen LogP contribution in [0.3, 0.4) is 0 Å². The van der Waals surface area contributed by atoms with E-state index in [-0.39, 0.29) is 5.60 Å². The van der Waals surface area contributed by atoms with Crippen molar-refractivity contribution < 1.29 is 4.74 Å². The molecule has 0 bridgehead atoms. The Labute approximate surface area is 107 Å². The number of thiophene rings is 1. The van der Waals surface area contributed by atoms with Gasteiger partial charge in [0.25, 0.3) is 0 Å². The third-order valence-electron chi connectivity index (χ3n) is 4.12. The van der Waals surface area contributed by atoms with Gasteiger partial charge in [-0.2, -0.15) is 0 Å². The van der Waals surface area contributed by atoms with Crippen LogP contribution in [-0.2, 0) is 16.8 Å². The predicted molar refractivity (Wildman–Crippen MR) is 71.8 cm³/mol. The molecule has 1 fully saturated rings. The van der Waals surface area contributed by atoms with Crippen LogP contribution in [0.5, 0.6) is 0 Å². The van der Waals surface area contributed by atoms with Crippen molar-refractivity contribution in [2.45, 2.75) is 44.6 Å². The minimum Gasteiger partial charge on any atom is -0.369 e. The van der Waals surface area contributed by atoms with E-state index < -0.39 is 0 Å². The van der Waals surface area contributed by atoms with E-state index in [1.807, 2.05) is 11.3 Å². The van der Waals surface area contributed by atoms with Crippen LogP contribution in [0.2, 0.25) is 0 Å². The molecule has 1 atom stereocenters. The van der Waals surface area contributed by atoms with E-state index in [1.165, 1.54) is 10.4 Å². The highest BCUT2D eigenvalue weighted by molar-refractivity contribution is 7.12. The van der Waals surface area contributed by atoms with Crippen LogP contribution in [0, 0.1) is 0 Å². The zero-order chi connectivity index (χ0) is 11.9. The van der Waals surface area contributed by atoms with Crippen molar-refractivity contribution in [2.24, 2.45) is 0 Å². The molecule has 0 saturated carbocycles. The lowest BCUT2D eigenvalue weighted by Crippen LogP contribution is -2.44. The van der Waals surface area contributed by atoms with Crippen molar-refractivity contribution in [1.82, 2.24) is 5.32 Å². The Hall–Kier alpha value is -0.380. The molecule has 3 rings (SSSR count). The lowest BCUT2D eigenvalue weighted by Gasteiger charge is -2.42. The summed E-state index contributed by atoms with van der Waals surface area (Å²) in [6.45, 7) is 7.62. The molecule has 94 valence electrons. The quantitative estimate of drug-likeness (QED) is 0.828. The number of fused-ring (bicyclic) bond motifs is 2. The van der Waals surface area contributed by atoms with Crippen LogP contribution in [0.4, 0.5) is 0 Å². The predicted octanol–water partition coefficient (Wildman–Crippen LogP) is 3.02. The molecule has 17 heavy (non-hydrogen) atoms. The van der Waals surface area contributed by atoms with Gasteiger partial charge in [-0.3, -0.25) is 0 Å². The van der Waals surface area contributed by atoms with Crippen molar-refractivity contribution in [3.05, 3.63) is 21.4 Å². The highest BCUT2D eigenvalue weighted by atomic mass is 32.1. The average Bonchev–Trinajstić information content (AvgIpc) is 2.81. The van der Waals surface area contributed by atoms with Gasteiger partial charge in [-0.1, -0.05) is 13.8 Å². The minimum absolute atomic E-state index is 0.0387. The van der Waals surface area contributed by atoms with E-state index in [1.54, 1.807) is 4.88 Å². The molecule has 1 N–H and O–H groups in total. The summed E-state index contributed by atoms with van der Waals surface area (Å²) < 4.78 is 6.27. The van der Waals surface area contributed by atoms with Gasteiger partial charge < -0.3 is 10.1 Å². The van der Waals surface area contributed by atoms with Crippen molar-refractivity contribution >= 4 is 11.3 Å². The molecular formula is C14H21NOS. The van der Waals surface area contributed by atoms with Gasteiger partial charge in [0.2, 0.25) is 0 Å². The summed E-state index contributed by atoms with van der Waals surface area (Å²) in [6.07, 6.45) is 3.41. The first-order valence-corrected chi connectivity index (χ1v) is 7.54. The van der Waals surface area contributed by atoms with Gasteiger partial charge in [0.05, 0.1) is 12.2 Å². The Morgan fingerprint density at radius 2 is 2.24 bits per heavy atom. The largest absolute Gasteiger partial charge is 0.369 e. The first kappa shape index (κ1) is 11.7. The Morgan fingerprint density at radius 1 is 1.47 bits per heavy atom. The molecule has 1 saturated heterocycles. The Balaban J connectivity index is 2.04. The summed E-state index contributed by atoms with van der Waals surface area (Å²) in [5.41, 5.74) is 1.55. The maximum Gasteiger partial charge on any atom is 0.0966 e. The highest BCUT2D eigenvalue weighted by Crippen LogP contribution is 2.47. The van der Waals surface area contributed by atoms with Crippen molar-refractivity contribution in [3.63, 3.8) is 0 Å². The SMILES string of the molecule is CCc1cc2c(s1)C(C)COC21CCNCC1. The molecule has 0 aromatic carbocycles. The first-order chi connectivity index (χ1) is 8.25. The number of piperidine rings is 1. The summed E-state index contributed by atoms with van der Waals surface area (Å²) in [5, 5.41) is 3.44.